The molecule has 0 radical (unpaired) electrons. The van der Waals surface area contributed by atoms with Gasteiger partial charge in [0.15, 0.2) is 0 Å². The molecule has 2 aromatic carbocycles. The van der Waals surface area contributed by atoms with E-state index in [9.17, 15) is 0 Å². The monoisotopic (exact) mass is 249 g/mol. The molecule has 3 aromatic rings. The lowest BCUT2D eigenvalue weighted by Gasteiger charge is -2.05. The van der Waals surface area contributed by atoms with Crippen LogP contribution in [0.4, 0.5) is 0 Å². The van der Waals surface area contributed by atoms with Crippen LogP contribution in [0.1, 0.15) is 5.82 Å². The van der Waals surface area contributed by atoms with E-state index in [0.717, 1.165) is 17.1 Å². The molecule has 3 rings (SSSR count). The lowest BCUT2D eigenvalue weighted by atomic mass is 10.1. The molecule has 1 aromatic heterocycles. The first-order valence-corrected chi connectivity index (χ1v) is 6.38. The van der Waals surface area contributed by atoms with E-state index < -0.39 is 0 Å². The van der Waals surface area contributed by atoms with E-state index in [1.54, 1.807) is 6.20 Å². The standard InChI is InChI=1S/C16H15N3/c17-9-7-16-18-10-8-15(19-16)14-6-5-12-3-1-2-4-13(12)11-14/h1-6,8,10-11H,7,9,17H2. The molecule has 3 nitrogen and oxygen atoms in total. The number of aromatic nitrogens is 2. The van der Waals surface area contributed by atoms with Crippen LogP contribution in [0.25, 0.3) is 22.0 Å². The summed E-state index contributed by atoms with van der Waals surface area (Å²) in [6, 6.07) is 16.6. The lowest BCUT2D eigenvalue weighted by Crippen LogP contribution is -2.06. The Bertz CT molecular complexity index is 707. The van der Waals surface area contributed by atoms with Gasteiger partial charge >= 0.3 is 0 Å². The average Bonchev–Trinajstić information content (AvgIpc) is 2.47. The SMILES string of the molecule is NCCc1nccc(-c2ccc3ccccc3c2)n1. The first-order chi connectivity index (χ1) is 9.36. The third-order valence-corrected chi connectivity index (χ3v) is 3.12. The number of hydrogen-bond donors (Lipinski definition) is 1. The van der Waals surface area contributed by atoms with Crippen molar-refractivity contribution in [3.05, 3.63) is 60.6 Å². The molecule has 1 heterocycles. The Morgan fingerprint density at radius 2 is 1.79 bits per heavy atom. The lowest BCUT2D eigenvalue weighted by molar-refractivity contribution is 0.869. The second-order valence-corrected chi connectivity index (χ2v) is 4.46. The van der Waals surface area contributed by atoms with Crippen molar-refractivity contribution >= 4 is 10.8 Å². The van der Waals surface area contributed by atoms with Crippen molar-refractivity contribution in [2.75, 3.05) is 6.54 Å². The van der Waals surface area contributed by atoms with Crippen molar-refractivity contribution in [1.82, 2.24) is 9.97 Å². The second-order valence-electron chi connectivity index (χ2n) is 4.46. The van der Waals surface area contributed by atoms with Gasteiger partial charge in [-0.2, -0.15) is 0 Å². The molecule has 0 atom stereocenters. The summed E-state index contributed by atoms with van der Waals surface area (Å²) in [7, 11) is 0. The molecule has 0 fully saturated rings. The Morgan fingerprint density at radius 1 is 0.947 bits per heavy atom. The van der Waals surface area contributed by atoms with Crippen LogP contribution in [0, 0.1) is 0 Å². The Hall–Kier alpha value is -2.26. The van der Waals surface area contributed by atoms with Crippen LogP contribution in [0.2, 0.25) is 0 Å². The highest BCUT2D eigenvalue weighted by atomic mass is 14.9. The molecule has 0 saturated heterocycles. The molecule has 0 amide bonds. The number of fused-ring (bicyclic) bond motifs is 1. The normalized spacial score (nSPS) is 10.8. The number of hydrogen-bond acceptors (Lipinski definition) is 3. The summed E-state index contributed by atoms with van der Waals surface area (Å²) in [6.07, 6.45) is 2.50. The van der Waals surface area contributed by atoms with Crippen LogP contribution >= 0.6 is 0 Å². The van der Waals surface area contributed by atoms with Gasteiger partial charge < -0.3 is 5.73 Å². The molecular weight excluding hydrogens is 234 g/mol. The van der Waals surface area contributed by atoms with Gasteiger partial charge in [0.2, 0.25) is 0 Å². The molecule has 0 unspecified atom stereocenters. The predicted octanol–water partition coefficient (Wildman–Crippen LogP) is 2.80. The summed E-state index contributed by atoms with van der Waals surface area (Å²) in [5.41, 5.74) is 7.60. The molecule has 0 bridgehead atoms. The van der Waals surface area contributed by atoms with E-state index in [1.807, 2.05) is 18.2 Å². The summed E-state index contributed by atoms with van der Waals surface area (Å²) in [5.74, 6) is 0.799. The van der Waals surface area contributed by atoms with Gasteiger partial charge in [0.05, 0.1) is 5.69 Å². The Morgan fingerprint density at radius 3 is 2.63 bits per heavy atom. The third-order valence-electron chi connectivity index (χ3n) is 3.12. The molecule has 0 aliphatic heterocycles. The summed E-state index contributed by atoms with van der Waals surface area (Å²) < 4.78 is 0. The fraction of sp³-hybridized carbons (Fsp3) is 0.125. The van der Waals surface area contributed by atoms with Crippen LogP contribution in [0.3, 0.4) is 0 Å². The Labute approximate surface area is 112 Å². The minimum absolute atomic E-state index is 0.571. The maximum absolute atomic E-state index is 5.54. The molecule has 19 heavy (non-hydrogen) atoms. The van der Waals surface area contributed by atoms with E-state index >= 15 is 0 Å². The predicted molar refractivity (Wildman–Crippen MR) is 77.7 cm³/mol. The highest BCUT2D eigenvalue weighted by Crippen LogP contribution is 2.22. The van der Waals surface area contributed by atoms with Crippen molar-refractivity contribution in [2.45, 2.75) is 6.42 Å². The zero-order chi connectivity index (χ0) is 13.1. The minimum Gasteiger partial charge on any atom is -0.330 e. The van der Waals surface area contributed by atoms with Gasteiger partial charge in [-0.05, 0) is 29.4 Å². The van der Waals surface area contributed by atoms with Crippen LogP contribution in [-0.4, -0.2) is 16.5 Å². The first kappa shape index (κ1) is 11.8. The molecule has 3 heteroatoms. The average molecular weight is 249 g/mol. The van der Waals surface area contributed by atoms with Crippen molar-refractivity contribution in [3.63, 3.8) is 0 Å². The van der Waals surface area contributed by atoms with E-state index in [-0.39, 0.29) is 0 Å². The molecule has 0 spiro atoms. The maximum atomic E-state index is 5.54. The van der Waals surface area contributed by atoms with Crippen LogP contribution in [0.15, 0.2) is 54.7 Å². The van der Waals surface area contributed by atoms with Crippen molar-refractivity contribution in [1.29, 1.82) is 0 Å². The highest BCUT2D eigenvalue weighted by molar-refractivity contribution is 5.86. The first-order valence-electron chi connectivity index (χ1n) is 6.38. The molecule has 0 saturated carbocycles. The fourth-order valence-corrected chi connectivity index (χ4v) is 2.16. The van der Waals surface area contributed by atoms with E-state index in [2.05, 4.69) is 40.3 Å². The number of benzene rings is 2. The number of nitrogens with zero attached hydrogens (tertiary/aromatic N) is 2. The molecule has 2 N–H and O–H groups in total. The van der Waals surface area contributed by atoms with Gasteiger partial charge in [0, 0.05) is 18.2 Å². The van der Waals surface area contributed by atoms with Gasteiger partial charge in [-0.15, -0.1) is 0 Å². The summed E-state index contributed by atoms with van der Waals surface area (Å²) in [5, 5.41) is 2.46. The van der Waals surface area contributed by atoms with Gasteiger partial charge in [0.1, 0.15) is 5.82 Å². The summed E-state index contributed by atoms with van der Waals surface area (Å²) >= 11 is 0. The number of nitrogens with two attached hydrogens (primary N) is 1. The van der Waals surface area contributed by atoms with Crippen LogP contribution in [-0.2, 0) is 6.42 Å². The zero-order valence-electron chi connectivity index (χ0n) is 10.6. The topological polar surface area (TPSA) is 51.8 Å². The Kier molecular flexibility index (Phi) is 3.21. The zero-order valence-corrected chi connectivity index (χ0v) is 10.6. The van der Waals surface area contributed by atoms with E-state index in [0.29, 0.717) is 13.0 Å². The highest BCUT2D eigenvalue weighted by Gasteiger charge is 2.03. The molecular formula is C16H15N3. The molecule has 0 aliphatic rings. The minimum atomic E-state index is 0.571. The second kappa shape index (κ2) is 5.16. The molecule has 0 aliphatic carbocycles. The maximum Gasteiger partial charge on any atom is 0.130 e. The van der Waals surface area contributed by atoms with Crippen molar-refractivity contribution < 1.29 is 0 Å². The summed E-state index contributed by atoms with van der Waals surface area (Å²) in [6.45, 7) is 0.571. The van der Waals surface area contributed by atoms with Gasteiger partial charge in [0.25, 0.3) is 0 Å². The van der Waals surface area contributed by atoms with Gasteiger partial charge in [-0.3, -0.25) is 0 Å². The van der Waals surface area contributed by atoms with Gasteiger partial charge in [-0.25, -0.2) is 9.97 Å². The van der Waals surface area contributed by atoms with Crippen LogP contribution < -0.4 is 5.73 Å². The van der Waals surface area contributed by atoms with Crippen molar-refractivity contribution in [2.24, 2.45) is 5.73 Å². The fourth-order valence-electron chi connectivity index (χ4n) is 2.16. The molecule has 94 valence electrons. The summed E-state index contributed by atoms with van der Waals surface area (Å²) in [4.78, 5) is 8.77. The van der Waals surface area contributed by atoms with Crippen LogP contribution in [0.5, 0.6) is 0 Å². The quantitative estimate of drug-likeness (QED) is 0.776. The van der Waals surface area contributed by atoms with E-state index in [4.69, 9.17) is 5.73 Å². The third kappa shape index (κ3) is 2.46. The largest absolute Gasteiger partial charge is 0.330 e. The van der Waals surface area contributed by atoms with Crippen molar-refractivity contribution in [3.8, 4) is 11.3 Å². The Balaban J connectivity index is 2.05. The number of rotatable bonds is 3. The van der Waals surface area contributed by atoms with E-state index in [1.165, 1.54) is 10.8 Å². The van der Waals surface area contributed by atoms with Gasteiger partial charge in [-0.1, -0.05) is 36.4 Å². The smallest absolute Gasteiger partial charge is 0.130 e.